The monoisotopic (exact) mass is 288 g/mol. The molecule has 0 aromatic heterocycles. The Morgan fingerprint density at radius 3 is 2.71 bits per heavy atom. The summed E-state index contributed by atoms with van der Waals surface area (Å²) in [7, 11) is 1.63. The number of benzene rings is 2. The van der Waals surface area contributed by atoms with Crippen LogP contribution in [0.2, 0.25) is 0 Å². The third-order valence-corrected chi connectivity index (χ3v) is 3.25. The highest BCUT2D eigenvalue weighted by Gasteiger charge is 2.17. The van der Waals surface area contributed by atoms with Crippen LogP contribution in [0.3, 0.4) is 0 Å². The van der Waals surface area contributed by atoms with Crippen molar-refractivity contribution in [2.45, 2.75) is 13.2 Å². The van der Waals surface area contributed by atoms with E-state index in [4.69, 9.17) is 18.9 Å². The largest absolute Gasteiger partial charge is 0.497 e. The number of fused-ring (bicyclic) bond motifs is 1. The molecule has 0 bridgehead atoms. The molecule has 110 valence electrons. The van der Waals surface area contributed by atoms with Crippen LogP contribution in [0.5, 0.6) is 23.0 Å². The fraction of sp³-hybridized carbons (Fsp3) is 0.250. The molecule has 0 atom stereocenters. The summed E-state index contributed by atoms with van der Waals surface area (Å²) in [5.41, 5.74) is 1.65. The molecule has 5 nitrogen and oxygen atoms in total. The van der Waals surface area contributed by atoms with Crippen LogP contribution in [0, 0.1) is 0 Å². The van der Waals surface area contributed by atoms with Crippen LogP contribution in [0.1, 0.15) is 11.1 Å². The summed E-state index contributed by atoms with van der Waals surface area (Å²) in [5.74, 6) is 2.63. The molecule has 5 heteroatoms. The van der Waals surface area contributed by atoms with Gasteiger partial charge in [0.05, 0.1) is 13.7 Å². The van der Waals surface area contributed by atoms with Gasteiger partial charge in [0.2, 0.25) is 6.79 Å². The van der Waals surface area contributed by atoms with E-state index in [1.165, 1.54) is 0 Å². The van der Waals surface area contributed by atoms with Crippen LogP contribution in [0.15, 0.2) is 36.4 Å². The second kappa shape index (κ2) is 5.93. The predicted molar refractivity (Wildman–Crippen MR) is 75.8 cm³/mol. The Morgan fingerprint density at radius 2 is 1.95 bits per heavy atom. The van der Waals surface area contributed by atoms with Crippen LogP contribution in [-0.2, 0) is 13.2 Å². The lowest BCUT2D eigenvalue weighted by Gasteiger charge is -2.12. The first-order chi connectivity index (χ1) is 10.3. The van der Waals surface area contributed by atoms with E-state index in [1.807, 2.05) is 24.3 Å². The summed E-state index contributed by atoms with van der Waals surface area (Å²) in [5, 5.41) is 9.43. The highest BCUT2D eigenvalue weighted by molar-refractivity contribution is 5.51. The van der Waals surface area contributed by atoms with Crippen molar-refractivity contribution >= 4 is 0 Å². The minimum absolute atomic E-state index is 0.121. The first-order valence-corrected chi connectivity index (χ1v) is 6.59. The highest BCUT2D eigenvalue weighted by atomic mass is 16.7. The minimum atomic E-state index is -0.121. The van der Waals surface area contributed by atoms with Crippen molar-refractivity contribution in [3.8, 4) is 23.0 Å². The van der Waals surface area contributed by atoms with Crippen LogP contribution in [-0.4, -0.2) is 19.0 Å². The van der Waals surface area contributed by atoms with E-state index in [-0.39, 0.29) is 13.4 Å². The molecule has 0 saturated carbocycles. The predicted octanol–water partition coefficient (Wildman–Crippen LogP) is 2.50. The molecular weight excluding hydrogens is 272 g/mol. The van der Waals surface area contributed by atoms with E-state index in [0.29, 0.717) is 29.4 Å². The third kappa shape index (κ3) is 2.87. The first-order valence-electron chi connectivity index (χ1n) is 6.59. The Kier molecular flexibility index (Phi) is 3.83. The molecule has 0 spiro atoms. The van der Waals surface area contributed by atoms with Crippen LogP contribution in [0.4, 0.5) is 0 Å². The van der Waals surface area contributed by atoms with Gasteiger partial charge in [0.25, 0.3) is 0 Å². The summed E-state index contributed by atoms with van der Waals surface area (Å²) in [6, 6.07) is 11.1. The zero-order valence-corrected chi connectivity index (χ0v) is 11.7. The second-order valence-electron chi connectivity index (χ2n) is 4.61. The third-order valence-electron chi connectivity index (χ3n) is 3.25. The van der Waals surface area contributed by atoms with Crippen LogP contribution >= 0.6 is 0 Å². The summed E-state index contributed by atoms with van der Waals surface area (Å²) < 4.78 is 21.6. The normalized spacial score (nSPS) is 12.3. The van der Waals surface area contributed by atoms with E-state index in [2.05, 4.69) is 0 Å². The number of ether oxygens (including phenoxy) is 4. The number of aliphatic hydroxyl groups excluding tert-OH is 1. The van der Waals surface area contributed by atoms with Gasteiger partial charge in [0, 0.05) is 11.6 Å². The van der Waals surface area contributed by atoms with Crippen molar-refractivity contribution in [1.29, 1.82) is 0 Å². The number of aliphatic hydroxyl groups is 1. The number of rotatable bonds is 5. The average molecular weight is 288 g/mol. The van der Waals surface area contributed by atoms with E-state index >= 15 is 0 Å². The van der Waals surface area contributed by atoms with E-state index in [1.54, 1.807) is 19.2 Å². The van der Waals surface area contributed by atoms with Gasteiger partial charge in [-0.25, -0.2) is 0 Å². The Labute approximate surface area is 122 Å². The van der Waals surface area contributed by atoms with Gasteiger partial charge < -0.3 is 24.1 Å². The molecule has 3 rings (SSSR count). The lowest BCUT2D eigenvalue weighted by atomic mass is 10.2. The van der Waals surface area contributed by atoms with E-state index < -0.39 is 0 Å². The van der Waals surface area contributed by atoms with Crippen LogP contribution < -0.4 is 18.9 Å². The van der Waals surface area contributed by atoms with Gasteiger partial charge in [-0.3, -0.25) is 0 Å². The molecule has 1 N–H and O–H groups in total. The molecule has 1 aliphatic rings. The molecule has 0 saturated heterocycles. The maximum atomic E-state index is 9.43. The summed E-state index contributed by atoms with van der Waals surface area (Å²) in [4.78, 5) is 0. The van der Waals surface area contributed by atoms with Gasteiger partial charge in [-0.1, -0.05) is 12.1 Å². The van der Waals surface area contributed by atoms with Crippen LogP contribution in [0.25, 0.3) is 0 Å². The smallest absolute Gasteiger partial charge is 0.231 e. The first kappa shape index (κ1) is 13.6. The number of hydrogen-bond donors (Lipinski definition) is 1. The molecular formula is C16H16O5. The molecule has 2 aromatic carbocycles. The van der Waals surface area contributed by atoms with Gasteiger partial charge >= 0.3 is 0 Å². The molecule has 2 aromatic rings. The lowest BCUT2D eigenvalue weighted by molar-refractivity contribution is 0.173. The maximum absolute atomic E-state index is 9.43. The second-order valence-corrected chi connectivity index (χ2v) is 4.61. The number of methoxy groups -OCH3 is 1. The van der Waals surface area contributed by atoms with Gasteiger partial charge in [-0.15, -0.1) is 0 Å². The van der Waals surface area contributed by atoms with Crippen molar-refractivity contribution in [2.75, 3.05) is 13.9 Å². The van der Waals surface area contributed by atoms with Gasteiger partial charge in [0.1, 0.15) is 18.1 Å². The molecule has 0 unspecified atom stereocenters. The SMILES string of the molecule is COc1cccc(COc2cc3c(cc2CO)OCO3)c1. The average Bonchev–Trinajstić information content (AvgIpc) is 2.99. The van der Waals surface area contributed by atoms with Gasteiger partial charge in [-0.05, 0) is 23.8 Å². The number of hydrogen-bond acceptors (Lipinski definition) is 5. The molecule has 0 radical (unpaired) electrons. The topological polar surface area (TPSA) is 57.2 Å². The summed E-state index contributed by atoms with van der Waals surface area (Å²) in [6.07, 6.45) is 0. The molecule has 0 amide bonds. The molecule has 1 heterocycles. The van der Waals surface area contributed by atoms with Crippen molar-refractivity contribution in [3.63, 3.8) is 0 Å². The molecule has 1 aliphatic heterocycles. The van der Waals surface area contributed by atoms with Gasteiger partial charge in [0.15, 0.2) is 11.5 Å². The highest BCUT2D eigenvalue weighted by Crippen LogP contribution is 2.38. The van der Waals surface area contributed by atoms with Crippen molar-refractivity contribution in [1.82, 2.24) is 0 Å². The van der Waals surface area contributed by atoms with E-state index in [0.717, 1.165) is 11.3 Å². The quantitative estimate of drug-likeness (QED) is 0.916. The van der Waals surface area contributed by atoms with Crippen molar-refractivity contribution in [2.24, 2.45) is 0 Å². The standard InChI is InChI=1S/C16H16O5/c1-18-13-4-2-3-11(5-13)9-19-14-7-16-15(20-10-21-16)6-12(14)8-17/h2-7,17H,8-10H2,1H3. The summed E-state index contributed by atoms with van der Waals surface area (Å²) in [6.45, 7) is 0.452. The fourth-order valence-electron chi connectivity index (χ4n) is 2.15. The molecule has 0 fully saturated rings. The van der Waals surface area contributed by atoms with Crippen molar-refractivity contribution < 1.29 is 24.1 Å². The van der Waals surface area contributed by atoms with Crippen molar-refractivity contribution in [3.05, 3.63) is 47.5 Å². The molecule has 0 aliphatic carbocycles. The Bertz CT molecular complexity index is 639. The Hall–Kier alpha value is -2.40. The zero-order valence-electron chi connectivity index (χ0n) is 11.7. The zero-order chi connectivity index (χ0) is 14.7. The maximum Gasteiger partial charge on any atom is 0.231 e. The minimum Gasteiger partial charge on any atom is -0.497 e. The van der Waals surface area contributed by atoms with E-state index in [9.17, 15) is 5.11 Å². The Balaban J connectivity index is 1.78. The lowest BCUT2D eigenvalue weighted by Crippen LogP contribution is -1.99. The molecule has 21 heavy (non-hydrogen) atoms. The summed E-state index contributed by atoms with van der Waals surface area (Å²) >= 11 is 0. The fourth-order valence-corrected chi connectivity index (χ4v) is 2.15. The van der Waals surface area contributed by atoms with Gasteiger partial charge in [-0.2, -0.15) is 0 Å². The Morgan fingerprint density at radius 1 is 1.14 bits per heavy atom.